The van der Waals surface area contributed by atoms with E-state index in [2.05, 4.69) is 30.5 Å². The van der Waals surface area contributed by atoms with Crippen LogP contribution in [0.4, 0.5) is 5.82 Å². The second-order valence-electron chi connectivity index (χ2n) is 5.01. The number of rotatable bonds is 5. The Morgan fingerprint density at radius 3 is 2.65 bits per heavy atom. The van der Waals surface area contributed by atoms with E-state index in [1.54, 1.807) is 18.3 Å². The van der Waals surface area contributed by atoms with E-state index in [1.807, 2.05) is 12.1 Å². The van der Waals surface area contributed by atoms with Crippen LogP contribution in [0.25, 0.3) is 0 Å². The molecule has 0 aliphatic carbocycles. The van der Waals surface area contributed by atoms with Crippen molar-refractivity contribution >= 4 is 43.1 Å². The maximum atomic E-state index is 12.2. The first-order valence-corrected chi connectivity index (χ1v) is 10.2. The molecule has 0 radical (unpaired) electrons. The summed E-state index contributed by atoms with van der Waals surface area (Å²) in [7, 11) is -3.48. The number of thiophene rings is 1. The number of nitrogens with one attached hydrogen (secondary N) is 1. The van der Waals surface area contributed by atoms with Gasteiger partial charge in [-0.1, -0.05) is 6.07 Å². The predicted molar refractivity (Wildman–Crippen MR) is 93.3 cm³/mol. The molecule has 2 aromatic rings. The second kappa shape index (κ2) is 7.27. The first-order chi connectivity index (χ1) is 11.0. The van der Waals surface area contributed by atoms with Crippen LogP contribution >= 0.6 is 27.3 Å². The second-order valence-corrected chi connectivity index (χ2v) is 9.46. The molecule has 1 N–H and O–H groups in total. The number of hydrogen-bond donors (Lipinski definition) is 1. The third-order valence-electron chi connectivity index (χ3n) is 3.42. The summed E-state index contributed by atoms with van der Waals surface area (Å²) in [5.41, 5.74) is 0.821. The van der Waals surface area contributed by atoms with Crippen molar-refractivity contribution in [2.75, 3.05) is 31.2 Å². The zero-order valence-electron chi connectivity index (χ0n) is 12.2. The van der Waals surface area contributed by atoms with E-state index in [0.717, 1.165) is 28.3 Å². The Hall–Kier alpha value is -1.000. The van der Waals surface area contributed by atoms with E-state index in [4.69, 9.17) is 4.74 Å². The lowest BCUT2D eigenvalue weighted by Crippen LogP contribution is -2.36. The number of halogens is 1. The minimum atomic E-state index is -3.48. The molecule has 3 heterocycles. The van der Waals surface area contributed by atoms with Crippen LogP contribution in [0.5, 0.6) is 0 Å². The molecule has 0 aromatic carbocycles. The first-order valence-electron chi connectivity index (χ1n) is 7.07. The highest BCUT2D eigenvalue weighted by Crippen LogP contribution is 2.26. The fourth-order valence-corrected chi connectivity index (χ4v) is 5.26. The SMILES string of the molecule is O=S(=O)(NCc1ccc(N2CCOCC2)nc1)c1ccc(Br)s1. The lowest BCUT2D eigenvalue weighted by Gasteiger charge is -2.27. The standard InChI is InChI=1S/C14H16BrN3O3S2/c15-12-2-4-14(22-12)23(19,20)17-10-11-1-3-13(16-9-11)18-5-7-21-8-6-18/h1-4,9,17H,5-8,10H2. The number of ether oxygens (including phenoxy) is 1. The molecule has 1 aliphatic heterocycles. The summed E-state index contributed by atoms with van der Waals surface area (Å²) < 4.78 is 33.3. The molecule has 1 aliphatic rings. The van der Waals surface area contributed by atoms with Crippen molar-refractivity contribution in [2.24, 2.45) is 0 Å². The first kappa shape index (κ1) is 16.8. The van der Waals surface area contributed by atoms with Gasteiger partial charge in [0.15, 0.2) is 0 Å². The van der Waals surface area contributed by atoms with Gasteiger partial charge in [-0.15, -0.1) is 11.3 Å². The van der Waals surface area contributed by atoms with Gasteiger partial charge in [-0.05, 0) is 39.7 Å². The summed E-state index contributed by atoms with van der Waals surface area (Å²) in [5.74, 6) is 0.891. The van der Waals surface area contributed by atoms with Crippen LogP contribution in [-0.2, 0) is 21.3 Å². The van der Waals surface area contributed by atoms with Gasteiger partial charge in [0.1, 0.15) is 10.0 Å². The molecular formula is C14H16BrN3O3S2. The molecule has 3 rings (SSSR count). The Bertz CT molecular complexity index is 756. The Morgan fingerprint density at radius 2 is 2.04 bits per heavy atom. The van der Waals surface area contributed by atoms with Gasteiger partial charge in [-0.3, -0.25) is 0 Å². The molecule has 1 fully saturated rings. The fourth-order valence-electron chi connectivity index (χ4n) is 2.19. The van der Waals surface area contributed by atoms with Crippen LogP contribution in [0.15, 0.2) is 38.5 Å². The number of morpholine rings is 1. The molecule has 0 atom stereocenters. The van der Waals surface area contributed by atoms with Gasteiger partial charge in [0.2, 0.25) is 10.0 Å². The van der Waals surface area contributed by atoms with Gasteiger partial charge in [0, 0.05) is 25.8 Å². The molecule has 1 saturated heterocycles. The van der Waals surface area contributed by atoms with E-state index in [9.17, 15) is 8.42 Å². The molecule has 2 aromatic heterocycles. The van der Waals surface area contributed by atoms with Crippen molar-refractivity contribution in [1.29, 1.82) is 0 Å². The lowest BCUT2D eigenvalue weighted by molar-refractivity contribution is 0.122. The minimum Gasteiger partial charge on any atom is -0.378 e. The Labute approximate surface area is 147 Å². The highest BCUT2D eigenvalue weighted by Gasteiger charge is 2.16. The van der Waals surface area contributed by atoms with E-state index in [-0.39, 0.29) is 6.54 Å². The van der Waals surface area contributed by atoms with Crippen LogP contribution in [-0.4, -0.2) is 39.7 Å². The maximum Gasteiger partial charge on any atom is 0.250 e. The van der Waals surface area contributed by atoms with Crippen molar-refractivity contribution in [3.63, 3.8) is 0 Å². The van der Waals surface area contributed by atoms with E-state index in [0.29, 0.717) is 17.4 Å². The molecule has 0 bridgehead atoms. The summed E-state index contributed by atoms with van der Waals surface area (Å²) in [4.78, 5) is 6.56. The monoisotopic (exact) mass is 417 g/mol. The van der Waals surface area contributed by atoms with Crippen LogP contribution in [0, 0.1) is 0 Å². The lowest BCUT2D eigenvalue weighted by atomic mass is 10.3. The Kier molecular flexibility index (Phi) is 5.32. The van der Waals surface area contributed by atoms with Crippen molar-refractivity contribution in [1.82, 2.24) is 9.71 Å². The van der Waals surface area contributed by atoms with Crippen LogP contribution in [0.1, 0.15) is 5.56 Å². The normalized spacial score (nSPS) is 15.8. The third-order valence-corrected chi connectivity index (χ3v) is 6.94. The average Bonchev–Trinajstić information content (AvgIpc) is 3.02. The van der Waals surface area contributed by atoms with Gasteiger partial charge < -0.3 is 9.64 Å². The van der Waals surface area contributed by atoms with Gasteiger partial charge in [-0.2, -0.15) is 0 Å². The molecule has 0 amide bonds. The molecule has 23 heavy (non-hydrogen) atoms. The number of nitrogens with zero attached hydrogens (tertiary/aromatic N) is 2. The van der Waals surface area contributed by atoms with Gasteiger partial charge in [0.05, 0.1) is 17.0 Å². The number of pyridine rings is 1. The molecule has 0 unspecified atom stereocenters. The third kappa shape index (κ3) is 4.30. The highest BCUT2D eigenvalue weighted by atomic mass is 79.9. The zero-order chi connectivity index (χ0) is 16.3. The highest BCUT2D eigenvalue weighted by molar-refractivity contribution is 9.11. The molecule has 124 valence electrons. The number of hydrogen-bond acceptors (Lipinski definition) is 6. The molecule has 0 spiro atoms. The quantitative estimate of drug-likeness (QED) is 0.807. The topological polar surface area (TPSA) is 71.5 Å². The molecule has 9 heteroatoms. The Morgan fingerprint density at radius 1 is 1.26 bits per heavy atom. The summed E-state index contributed by atoms with van der Waals surface area (Å²) >= 11 is 4.45. The van der Waals surface area contributed by atoms with Crippen LogP contribution in [0.3, 0.4) is 0 Å². The number of anilines is 1. The number of sulfonamides is 1. The van der Waals surface area contributed by atoms with E-state index >= 15 is 0 Å². The van der Waals surface area contributed by atoms with Crippen LogP contribution < -0.4 is 9.62 Å². The van der Waals surface area contributed by atoms with Crippen LogP contribution in [0.2, 0.25) is 0 Å². The van der Waals surface area contributed by atoms with Gasteiger partial charge >= 0.3 is 0 Å². The summed E-state index contributed by atoms with van der Waals surface area (Å²) in [6.07, 6.45) is 1.71. The molecule has 6 nitrogen and oxygen atoms in total. The maximum absolute atomic E-state index is 12.2. The largest absolute Gasteiger partial charge is 0.378 e. The molecular weight excluding hydrogens is 402 g/mol. The van der Waals surface area contributed by atoms with Crippen molar-refractivity contribution in [3.05, 3.63) is 39.8 Å². The minimum absolute atomic E-state index is 0.217. The zero-order valence-corrected chi connectivity index (χ0v) is 15.5. The average molecular weight is 418 g/mol. The van der Waals surface area contributed by atoms with Crippen molar-refractivity contribution in [3.8, 4) is 0 Å². The predicted octanol–water partition coefficient (Wildman–Crippen LogP) is 2.22. The Balaban J connectivity index is 1.62. The summed E-state index contributed by atoms with van der Waals surface area (Å²) in [6.45, 7) is 3.28. The summed E-state index contributed by atoms with van der Waals surface area (Å²) in [5, 5.41) is 0. The smallest absolute Gasteiger partial charge is 0.250 e. The van der Waals surface area contributed by atoms with E-state index < -0.39 is 10.0 Å². The summed E-state index contributed by atoms with van der Waals surface area (Å²) in [6, 6.07) is 7.11. The van der Waals surface area contributed by atoms with Gasteiger partial charge in [-0.25, -0.2) is 18.1 Å². The van der Waals surface area contributed by atoms with Gasteiger partial charge in [0.25, 0.3) is 0 Å². The number of aromatic nitrogens is 1. The van der Waals surface area contributed by atoms with Crippen molar-refractivity contribution in [2.45, 2.75) is 10.8 Å². The van der Waals surface area contributed by atoms with E-state index in [1.165, 1.54) is 11.3 Å². The van der Waals surface area contributed by atoms with Crippen molar-refractivity contribution < 1.29 is 13.2 Å². The fraction of sp³-hybridized carbons (Fsp3) is 0.357. The molecule has 0 saturated carbocycles.